The van der Waals surface area contributed by atoms with E-state index in [2.05, 4.69) is 0 Å². The molecule has 0 saturated carbocycles. The molecule has 0 fully saturated rings. The number of hydrogen-bond acceptors (Lipinski definition) is 4. The van der Waals surface area contributed by atoms with Gasteiger partial charge in [0.05, 0.1) is 12.0 Å². The molecule has 1 aliphatic rings. The zero-order valence-electron chi connectivity index (χ0n) is 12.1. The predicted octanol–water partition coefficient (Wildman–Crippen LogP) is 4.34. The smallest absolute Gasteiger partial charge is 0.312 e. The molecule has 118 valence electrons. The van der Waals surface area contributed by atoms with Gasteiger partial charge < -0.3 is 9.84 Å². The van der Waals surface area contributed by atoms with Crippen LogP contribution in [-0.4, -0.2) is 16.9 Å². The van der Waals surface area contributed by atoms with Crippen LogP contribution in [0.15, 0.2) is 30.3 Å². The number of benzene rings is 2. The highest BCUT2D eigenvalue weighted by Crippen LogP contribution is 2.47. The minimum Gasteiger partial charge on any atom is -0.507 e. The molecule has 0 spiro atoms. The summed E-state index contributed by atoms with van der Waals surface area (Å²) < 4.78 is 5.18. The van der Waals surface area contributed by atoms with Gasteiger partial charge >= 0.3 is 5.97 Å². The van der Waals surface area contributed by atoms with Crippen LogP contribution >= 0.6 is 23.2 Å². The molecule has 1 heterocycles. The zero-order chi connectivity index (χ0) is 16.7. The number of esters is 1. The van der Waals surface area contributed by atoms with Crippen molar-refractivity contribution in [2.45, 2.75) is 19.3 Å². The van der Waals surface area contributed by atoms with Gasteiger partial charge in [0.1, 0.15) is 11.5 Å². The van der Waals surface area contributed by atoms with E-state index in [0.717, 1.165) is 0 Å². The summed E-state index contributed by atoms with van der Waals surface area (Å²) in [5.74, 6) is -1.15. The number of carbonyl (C=O) groups is 2. The number of halogens is 2. The van der Waals surface area contributed by atoms with Crippen molar-refractivity contribution in [1.29, 1.82) is 0 Å². The van der Waals surface area contributed by atoms with E-state index in [-0.39, 0.29) is 29.3 Å². The van der Waals surface area contributed by atoms with Crippen molar-refractivity contribution in [2.75, 3.05) is 0 Å². The fourth-order valence-electron chi connectivity index (χ4n) is 2.78. The number of phenols is 1. The summed E-state index contributed by atoms with van der Waals surface area (Å²) in [5, 5.41) is 11.3. The second kappa shape index (κ2) is 5.87. The Kier molecular flexibility index (Phi) is 4.04. The summed E-state index contributed by atoms with van der Waals surface area (Å²) in [4.78, 5) is 23.5. The molecule has 2 aromatic carbocycles. The second-order valence-corrected chi connectivity index (χ2v) is 6.17. The first-order chi connectivity index (χ1) is 10.9. The number of Topliss-reactive ketones (excluding diaryl/α,β-unsaturated/α-hetero) is 1. The van der Waals surface area contributed by atoms with E-state index in [1.54, 1.807) is 18.2 Å². The van der Waals surface area contributed by atoms with Crippen molar-refractivity contribution in [3.8, 4) is 11.5 Å². The third-order valence-corrected chi connectivity index (χ3v) is 4.40. The third kappa shape index (κ3) is 2.80. The summed E-state index contributed by atoms with van der Waals surface area (Å²) >= 11 is 12.2. The molecule has 0 amide bonds. The van der Waals surface area contributed by atoms with Gasteiger partial charge in [-0.3, -0.25) is 9.59 Å². The van der Waals surface area contributed by atoms with Crippen molar-refractivity contribution in [3.05, 3.63) is 57.1 Å². The van der Waals surface area contributed by atoms with Crippen LogP contribution in [0.3, 0.4) is 0 Å². The summed E-state index contributed by atoms with van der Waals surface area (Å²) in [6, 6.07) is 7.89. The number of phenolic OH excluding ortho intramolecular Hbond substituents is 1. The average molecular weight is 351 g/mol. The van der Waals surface area contributed by atoms with E-state index in [1.165, 1.54) is 19.1 Å². The lowest BCUT2D eigenvalue weighted by Gasteiger charge is -2.27. The number of ketones is 1. The number of aromatic hydroxyl groups is 1. The van der Waals surface area contributed by atoms with Gasteiger partial charge in [-0.05, 0) is 36.8 Å². The highest BCUT2D eigenvalue weighted by Gasteiger charge is 2.33. The van der Waals surface area contributed by atoms with Gasteiger partial charge in [-0.2, -0.15) is 0 Å². The quantitative estimate of drug-likeness (QED) is 0.497. The molecule has 0 radical (unpaired) electrons. The maximum absolute atomic E-state index is 11.9. The summed E-state index contributed by atoms with van der Waals surface area (Å²) in [5.41, 5.74) is 1.21. The van der Waals surface area contributed by atoms with Crippen LogP contribution in [0.5, 0.6) is 11.5 Å². The molecule has 1 aliphatic heterocycles. The Labute approximate surface area is 142 Å². The largest absolute Gasteiger partial charge is 0.507 e. The van der Waals surface area contributed by atoms with Crippen molar-refractivity contribution in [3.63, 3.8) is 0 Å². The minimum absolute atomic E-state index is 0.0171. The lowest BCUT2D eigenvalue weighted by atomic mass is 9.84. The van der Waals surface area contributed by atoms with Crippen LogP contribution in [-0.2, 0) is 4.79 Å². The van der Waals surface area contributed by atoms with E-state index in [4.69, 9.17) is 27.9 Å². The molecule has 0 aromatic heterocycles. The van der Waals surface area contributed by atoms with Crippen LogP contribution in [0, 0.1) is 0 Å². The van der Waals surface area contributed by atoms with E-state index >= 15 is 0 Å². The molecule has 0 aliphatic carbocycles. The highest BCUT2D eigenvalue weighted by atomic mass is 35.5. The van der Waals surface area contributed by atoms with Crippen molar-refractivity contribution in [1.82, 2.24) is 0 Å². The van der Waals surface area contributed by atoms with Gasteiger partial charge in [0.2, 0.25) is 0 Å². The second-order valence-electron chi connectivity index (χ2n) is 5.33. The summed E-state index contributed by atoms with van der Waals surface area (Å²) in [7, 11) is 0. The van der Waals surface area contributed by atoms with Crippen molar-refractivity contribution < 1.29 is 19.4 Å². The van der Waals surface area contributed by atoms with Crippen LogP contribution in [0.1, 0.15) is 40.7 Å². The first-order valence-electron chi connectivity index (χ1n) is 6.91. The first kappa shape index (κ1) is 15.8. The Balaban J connectivity index is 2.23. The zero-order valence-corrected chi connectivity index (χ0v) is 13.6. The maximum Gasteiger partial charge on any atom is 0.312 e. The molecule has 0 bridgehead atoms. The molecule has 1 atom stereocenters. The lowest BCUT2D eigenvalue weighted by Crippen LogP contribution is -2.22. The van der Waals surface area contributed by atoms with Crippen molar-refractivity contribution in [2.24, 2.45) is 0 Å². The Hall–Kier alpha value is -2.04. The fraction of sp³-hybridized carbons (Fsp3) is 0.176. The third-order valence-electron chi connectivity index (χ3n) is 3.84. The van der Waals surface area contributed by atoms with Crippen LogP contribution in [0.2, 0.25) is 10.0 Å². The normalized spacial score (nSPS) is 16.7. The molecule has 0 unspecified atom stereocenters. The molecule has 3 rings (SSSR count). The minimum atomic E-state index is -0.504. The molecule has 2 aromatic rings. The summed E-state index contributed by atoms with van der Waals surface area (Å²) in [6.07, 6.45) is 0.0171. The topological polar surface area (TPSA) is 63.6 Å². The van der Waals surface area contributed by atoms with Crippen molar-refractivity contribution >= 4 is 35.0 Å². The van der Waals surface area contributed by atoms with E-state index in [0.29, 0.717) is 21.2 Å². The number of fused-ring (bicyclic) bond motifs is 1. The molecule has 4 nitrogen and oxygen atoms in total. The van der Waals surface area contributed by atoms with Gasteiger partial charge in [-0.1, -0.05) is 29.3 Å². The van der Waals surface area contributed by atoms with E-state index < -0.39 is 11.9 Å². The van der Waals surface area contributed by atoms with Gasteiger partial charge in [0.15, 0.2) is 5.78 Å². The van der Waals surface area contributed by atoms with E-state index in [9.17, 15) is 14.7 Å². The molecule has 6 heteroatoms. The van der Waals surface area contributed by atoms with Gasteiger partial charge in [0.25, 0.3) is 0 Å². The summed E-state index contributed by atoms with van der Waals surface area (Å²) in [6.45, 7) is 1.36. The molecular weight excluding hydrogens is 339 g/mol. The molecule has 0 saturated heterocycles. The Bertz CT molecular complexity index is 830. The Morgan fingerprint density at radius 3 is 2.65 bits per heavy atom. The Morgan fingerprint density at radius 2 is 2.00 bits per heavy atom. The standard InChI is InChI=1S/C17H12Cl2O4/c1-8(20)10-4-5-14-16(17(10)22)12(7-15(21)23-14)11-3-2-9(18)6-13(11)19/h2-6,12,22H,7H2,1H3/t12-/m1/s1. The lowest BCUT2D eigenvalue weighted by molar-refractivity contribution is -0.135. The number of hydrogen-bond donors (Lipinski definition) is 1. The van der Waals surface area contributed by atoms with Gasteiger partial charge in [-0.15, -0.1) is 0 Å². The average Bonchev–Trinajstić information content (AvgIpc) is 2.46. The molecule has 23 heavy (non-hydrogen) atoms. The van der Waals surface area contributed by atoms with Crippen LogP contribution in [0.25, 0.3) is 0 Å². The van der Waals surface area contributed by atoms with Crippen LogP contribution < -0.4 is 4.74 Å². The molecule has 1 N–H and O–H groups in total. The van der Waals surface area contributed by atoms with Crippen LogP contribution in [0.4, 0.5) is 0 Å². The number of carbonyl (C=O) groups excluding carboxylic acids is 2. The maximum atomic E-state index is 11.9. The van der Waals surface area contributed by atoms with Gasteiger partial charge in [-0.25, -0.2) is 0 Å². The SMILES string of the molecule is CC(=O)c1ccc2c(c1O)[C@@H](c1ccc(Cl)cc1Cl)CC(=O)O2. The first-order valence-corrected chi connectivity index (χ1v) is 7.66. The van der Waals surface area contributed by atoms with Gasteiger partial charge in [0, 0.05) is 21.5 Å². The fourth-order valence-corrected chi connectivity index (χ4v) is 3.32. The molecular formula is C17H12Cl2O4. The van der Waals surface area contributed by atoms with E-state index in [1.807, 2.05) is 0 Å². The number of ether oxygens (including phenoxy) is 1. The monoisotopic (exact) mass is 350 g/mol. The Morgan fingerprint density at radius 1 is 1.26 bits per heavy atom. The highest BCUT2D eigenvalue weighted by molar-refractivity contribution is 6.35. The number of rotatable bonds is 2. The predicted molar refractivity (Wildman–Crippen MR) is 86.7 cm³/mol.